The number of carbonyl (C=O) groups excluding carboxylic acids is 3. The molecule has 9 atom stereocenters. The Morgan fingerprint density at radius 3 is 2.15 bits per heavy atom. The first-order chi connectivity index (χ1) is 24.3. The molecule has 0 aliphatic heterocycles. The van der Waals surface area contributed by atoms with E-state index in [2.05, 4.69) is 53.8 Å². The minimum atomic E-state index is -1.19. The number of nitrogens with one attached hydrogen (secondary N) is 1. The van der Waals surface area contributed by atoms with Gasteiger partial charge >= 0.3 is 11.9 Å². The molecule has 53 heavy (non-hydrogen) atoms. The third kappa shape index (κ3) is 6.23. The van der Waals surface area contributed by atoms with Gasteiger partial charge in [-0.1, -0.05) is 48.5 Å². The highest BCUT2D eigenvalue weighted by atomic mass is 16.5. The Kier molecular flexibility index (Phi) is 10.8. The Morgan fingerprint density at radius 2 is 1.58 bits per heavy atom. The van der Waals surface area contributed by atoms with E-state index < -0.39 is 34.4 Å². The van der Waals surface area contributed by atoms with E-state index in [1.807, 2.05) is 18.7 Å². The number of nitrogens with zero attached hydrogens (tertiary/aromatic N) is 1. The van der Waals surface area contributed by atoms with Crippen LogP contribution in [-0.4, -0.2) is 82.7 Å². The number of ether oxygens (including phenoxy) is 1. The third-order valence-electron chi connectivity index (χ3n) is 16.5. The van der Waals surface area contributed by atoms with Crippen molar-refractivity contribution in [3.8, 4) is 0 Å². The number of aliphatic hydroxyl groups excluding tert-OH is 1. The molecule has 5 aliphatic carbocycles. The average molecular weight is 742 g/mol. The molecule has 0 bridgehead atoms. The number of nitrogens with two attached hydrogens (primary N) is 1. The lowest BCUT2D eigenvalue weighted by Gasteiger charge is -2.74. The van der Waals surface area contributed by atoms with Gasteiger partial charge in [0, 0.05) is 42.4 Å². The molecule has 0 saturated heterocycles. The SMILES string of the molecule is CNC(=O)CN(C[C@H](O)[C@@]12CC[C@]3(C)C(N)(CCC4[C@@]5(C)CC[C@H](OC(=O)CC(C)(C)C(=O)O)C(C)(C)[C@@H]5CC[C@]43C)C1=C(C(C)C)C(=O)C2)C(C)C. The minimum absolute atomic E-state index is 0.0258. The van der Waals surface area contributed by atoms with Gasteiger partial charge in [-0.15, -0.1) is 0 Å². The molecule has 300 valence electrons. The zero-order chi connectivity index (χ0) is 39.9. The van der Waals surface area contributed by atoms with Gasteiger partial charge in [0.15, 0.2) is 5.78 Å². The maximum absolute atomic E-state index is 14.2. The Balaban J connectivity index is 1.49. The lowest BCUT2D eigenvalue weighted by atomic mass is 9.31. The number of esters is 1. The van der Waals surface area contributed by atoms with Crippen LogP contribution >= 0.6 is 0 Å². The normalized spacial score (nSPS) is 38.6. The van der Waals surface area contributed by atoms with Crippen molar-refractivity contribution in [1.29, 1.82) is 0 Å². The van der Waals surface area contributed by atoms with Crippen LogP contribution in [0.5, 0.6) is 0 Å². The number of hydrogen-bond donors (Lipinski definition) is 4. The Hall–Kier alpha value is -2.30. The highest BCUT2D eigenvalue weighted by Gasteiger charge is 2.74. The number of carboxylic acids is 1. The zero-order valence-corrected chi connectivity index (χ0v) is 34.9. The van der Waals surface area contributed by atoms with Crippen molar-refractivity contribution in [2.24, 2.45) is 56.0 Å². The van der Waals surface area contributed by atoms with Gasteiger partial charge in [-0.2, -0.15) is 0 Å². The summed E-state index contributed by atoms with van der Waals surface area (Å²) in [5, 5.41) is 24.7. The number of aliphatic carboxylic acids is 1. The summed E-state index contributed by atoms with van der Waals surface area (Å²) in [5.74, 6) is -0.829. The first kappa shape index (κ1) is 41.9. The number of aliphatic hydroxyl groups is 1. The fraction of sp³-hybridized carbons (Fsp3) is 0.860. The van der Waals surface area contributed by atoms with E-state index in [-0.39, 0.29) is 77.3 Å². The van der Waals surface area contributed by atoms with Crippen molar-refractivity contribution < 1.29 is 34.1 Å². The van der Waals surface area contributed by atoms with E-state index in [0.29, 0.717) is 18.3 Å². The molecular weight excluding hydrogens is 670 g/mol. The number of carboxylic acid groups (broad SMARTS) is 1. The van der Waals surface area contributed by atoms with Crippen LogP contribution < -0.4 is 11.1 Å². The summed E-state index contributed by atoms with van der Waals surface area (Å²) in [5.41, 5.74) is 6.26. The van der Waals surface area contributed by atoms with Crippen LogP contribution in [0.4, 0.5) is 0 Å². The molecule has 0 aromatic heterocycles. The Labute approximate surface area is 318 Å². The topological polar surface area (TPSA) is 159 Å². The van der Waals surface area contributed by atoms with Crippen molar-refractivity contribution >= 4 is 23.6 Å². The number of hydrogen-bond acceptors (Lipinski definition) is 8. The molecule has 5 rings (SSSR count). The van der Waals surface area contributed by atoms with Gasteiger partial charge in [0.25, 0.3) is 0 Å². The molecule has 0 radical (unpaired) electrons. The molecule has 5 aliphatic rings. The van der Waals surface area contributed by atoms with Gasteiger partial charge in [0.2, 0.25) is 5.91 Å². The molecule has 4 fully saturated rings. The van der Waals surface area contributed by atoms with Crippen LogP contribution in [-0.2, 0) is 23.9 Å². The van der Waals surface area contributed by atoms with Crippen LogP contribution in [0.1, 0.15) is 140 Å². The summed E-state index contributed by atoms with van der Waals surface area (Å²) >= 11 is 0. The maximum Gasteiger partial charge on any atom is 0.309 e. The fourth-order valence-corrected chi connectivity index (χ4v) is 13.2. The fourth-order valence-electron chi connectivity index (χ4n) is 13.2. The molecule has 0 spiro atoms. The molecule has 10 heteroatoms. The number of Topliss-reactive ketones (excluding diaryl/α,β-unsaturated/α-hetero) is 1. The number of likely N-dealkylation sites (N-methyl/N-ethyl adjacent to an activating group) is 1. The molecule has 0 aromatic carbocycles. The van der Waals surface area contributed by atoms with Gasteiger partial charge in [-0.05, 0) is 124 Å². The Bertz CT molecular complexity index is 1530. The Morgan fingerprint density at radius 1 is 0.962 bits per heavy atom. The second-order valence-corrected chi connectivity index (χ2v) is 20.5. The zero-order valence-electron chi connectivity index (χ0n) is 34.9. The lowest BCUT2D eigenvalue weighted by molar-refractivity contribution is -0.239. The third-order valence-corrected chi connectivity index (χ3v) is 16.5. The molecule has 10 nitrogen and oxygen atoms in total. The summed E-state index contributed by atoms with van der Waals surface area (Å²) in [6.45, 7) is 23.6. The number of allylic oxidation sites excluding steroid dienone is 1. The van der Waals surface area contributed by atoms with Crippen molar-refractivity contribution in [1.82, 2.24) is 10.2 Å². The quantitative estimate of drug-likeness (QED) is 0.179. The first-order valence-electron chi connectivity index (χ1n) is 20.4. The predicted octanol–water partition coefficient (Wildman–Crippen LogP) is 6.28. The second-order valence-electron chi connectivity index (χ2n) is 20.5. The number of carbonyl (C=O) groups is 4. The highest BCUT2D eigenvalue weighted by Crippen LogP contribution is 2.77. The largest absolute Gasteiger partial charge is 0.481 e. The molecular formula is C43H71N3O7. The second kappa shape index (κ2) is 13.7. The summed E-state index contributed by atoms with van der Waals surface area (Å²) in [4.78, 5) is 53.6. The van der Waals surface area contributed by atoms with Gasteiger partial charge in [0.1, 0.15) is 6.10 Å². The number of amides is 1. The van der Waals surface area contributed by atoms with Crippen LogP contribution in [0.25, 0.3) is 0 Å². The van der Waals surface area contributed by atoms with Crippen LogP contribution in [0.15, 0.2) is 11.1 Å². The lowest BCUT2D eigenvalue weighted by Crippen LogP contribution is -2.74. The smallest absolute Gasteiger partial charge is 0.309 e. The molecule has 0 aromatic rings. The first-order valence-corrected chi connectivity index (χ1v) is 20.4. The van der Waals surface area contributed by atoms with E-state index in [0.717, 1.165) is 56.1 Å². The number of ketones is 1. The molecule has 2 unspecified atom stereocenters. The van der Waals surface area contributed by atoms with Crippen molar-refractivity contribution in [2.45, 2.75) is 164 Å². The van der Waals surface area contributed by atoms with Crippen molar-refractivity contribution in [3.63, 3.8) is 0 Å². The summed E-state index contributed by atoms with van der Waals surface area (Å²) in [6, 6.07) is 0.0258. The highest BCUT2D eigenvalue weighted by molar-refractivity contribution is 6.01. The van der Waals surface area contributed by atoms with Crippen molar-refractivity contribution in [2.75, 3.05) is 20.1 Å². The van der Waals surface area contributed by atoms with Crippen LogP contribution in [0.3, 0.4) is 0 Å². The summed E-state index contributed by atoms with van der Waals surface area (Å²) in [6.07, 6.45) is 5.63. The molecule has 1 amide bonds. The van der Waals surface area contributed by atoms with E-state index in [9.17, 15) is 29.4 Å². The number of rotatable bonds is 11. The van der Waals surface area contributed by atoms with E-state index in [1.54, 1.807) is 20.9 Å². The maximum atomic E-state index is 14.2. The monoisotopic (exact) mass is 742 g/mol. The summed E-state index contributed by atoms with van der Waals surface area (Å²) in [7, 11) is 1.62. The van der Waals surface area contributed by atoms with Gasteiger partial charge in [0.05, 0.1) is 24.5 Å². The molecule has 5 N–H and O–H groups in total. The number of fused-ring (bicyclic) bond motifs is 7. The van der Waals surface area contributed by atoms with Crippen LogP contribution in [0.2, 0.25) is 0 Å². The average Bonchev–Trinajstić information content (AvgIpc) is 3.37. The van der Waals surface area contributed by atoms with E-state index >= 15 is 0 Å². The van der Waals surface area contributed by atoms with E-state index in [4.69, 9.17) is 10.5 Å². The molecule has 4 saturated carbocycles. The summed E-state index contributed by atoms with van der Waals surface area (Å²) < 4.78 is 6.15. The predicted molar refractivity (Wildman–Crippen MR) is 206 cm³/mol. The minimum Gasteiger partial charge on any atom is -0.481 e. The molecule has 0 heterocycles. The van der Waals surface area contributed by atoms with Crippen molar-refractivity contribution in [3.05, 3.63) is 11.1 Å². The van der Waals surface area contributed by atoms with Gasteiger partial charge in [-0.25, -0.2) is 0 Å². The van der Waals surface area contributed by atoms with Gasteiger partial charge < -0.3 is 26.0 Å². The standard InChI is InChI=1S/C43H71N3O7/c1-25(2)34-27(47)21-42(30(48)23-46(26(3)4)24-32(49)45-12)20-19-41(11)40(10)17-13-28-38(7,8)31(53-33(50)22-37(5,6)36(51)52)15-16-39(28,9)29(40)14-18-43(41,44)35(34)42/h25-26,28-31,48H,13-24,44H2,1-12H3,(H,45,49)(H,51,52)/t28-,29?,30-,31-,39-,40+,41-,42-,43?/m0/s1. The van der Waals surface area contributed by atoms with E-state index in [1.165, 1.54) is 0 Å². The van der Waals surface area contributed by atoms with Crippen LogP contribution in [0, 0.1) is 50.2 Å². The van der Waals surface area contributed by atoms with Gasteiger partial charge in [-0.3, -0.25) is 24.1 Å².